The summed E-state index contributed by atoms with van der Waals surface area (Å²) in [5.74, 6) is 0.395. The van der Waals surface area contributed by atoms with Crippen LogP contribution in [0.2, 0.25) is 0 Å². The highest BCUT2D eigenvalue weighted by Crippen LogP contribution is 2.33. The lowest BCUT2D eigenvalue weighted by atomic mass is 9.97. The van der Waals surface area contributed by atoms with Crippen molar-refractivity contribution in [2.24, 2.45) is 11.8 Å². The molecule has 68 valence electrons. The molecule has 0 amide bonds. The first-order valence-corrected chi connectivity index (χ1v) is 4.58. The molecule has 0 bridgehead atoms. The van der Waals surface area contributed by atoms with Crippen LogP contribution in [0.25, 0.3) is 0 Å². The van der Waals surface area contributed by atoms with Crippen LogP contribution in [0.3, 0.4) is 0 Å². The van der Waals surface area contributed by atoms with Gasteiger partial charge in [-0.25, -0.2) is 0 Å². The zero-order valence-corrected chi connectivity index (χ0v) is 7.58. The predicted molar refractivity (Wildman–Crippen MR) is 47.7 cm³/mol. The lowest BCUT2D eigenvalue weighted by Gasteiger charge is -2.13. The second kappa shape index (κ2) is 4.29. The molecular formula is C10H16O2. The van der Waals surface area contributed by atoms with Crippen molar-refractivity contribution in [3.05, 3.63) is 12.7 Å². The lowest BCUT2D eigenvalue weighted by Crippen LogP contribution is -2.20. The average Bonchev–Trinajstić information content (AvgIpc) is 2.51. The quantitative estimate of drug-likeness (QED) is 0.477. The summed E-state index contributed by atoms with van der Waals surface area (Å²) in [5, 5.41) is 0. The SMILES string of the molecule is C=C[C@H]1CCC[C@@H]1C(=O)OCC. The first-order chi connectivity index (χ1) is 5.79. The second-order valence-electron chi connectivity index (χ2n) is 3.19. The van der Waals surface area contributed by atoms with Crippen molar-refractivity contribution in [2.45, 2.75) is 26.2 Å². The van der Waals surface area contributed by atoms with E-state index >= 15 is 0 Å². The summed E-state index contributed by atoms with van der Waals surface area (Å²) in [7, 11) is 0. The van der Waals surface area contributed by atoms with Crippen LogP contribution in [0.4, 0.5) is 0 Å². The van der Waals surface area contributed by atoms with Crippen LogP contribution in [-0.4, -0.2) is 12.6 Å². The maximum atomic E-state index is 11.3. The Bertz CT molecular complexity index is 175. The van der Waals surface area contributed by atoms with Crippen molar-refractivity contribution >= 4 is 5.97 Å². The number of carbonyl (C=O) groups excluding carboxylic acids is 1. The summed E-state index contributed by atoms with van der Waals surface area (Å²) in [6.07, 6.45) is 5.07. The molecule has 1 rings (SSSR count). The highest BCUT2D eigenvalue weighted by atomic mass is 16.5. The van der Waals surface area contributed by atoms with Gasteiger partial charge in [0.25, 0.3) is 0 Å². The molecular weight excluding hydrogens is 152 g/mol. The molecule has 0 aromatic heterocycles. The van der Waals surface area contributed by atoms with Gasteiger partial charge in [0.2, 0.25) is 0 Å². The van der Waals surface area contributed by atoms with Gasteiger partial charge in [-0.15, -0.1) is 6.58 Å². The summed E-state index contributed by atoms with van der Waals surface area (Å²) < 4.78 is 4.97. The Labute approximate surface area is 73.6 Å². The number of allylic oxidation sites excluding steroid dienone is 1. The molecule has 0 radical (unpaired) electrons. The van der Waals surface area contributed by atoms with Gasteiger partial charge in [0.1, 0.15) is 0 Å². The number of rotatable bonds is 3. The number of hydrogen-bond acceptors (Lipinski definition) is 2. The Morgan fingerprint density at radius 1 is 1.67 bits per heavy atom. The molecule has 0 aromatic carbocycles. The number of esters is 1. The highest BCUT2D eigenvalue weighted by Gasteiger charge is 2.31. The Morgan fingerprint density at radius 2 is 2.42 bits per heavy atom. The van der Waals surface area contributed by atoms with E-state index in [-0.39, 0.29) is 11.9 Å². The molecule has 0 spiro atoms. The Hall–Kier alpha value is -0.790. The van der Waals surface area contributed by atoms with Crippen LogP contribution in [0, 0.1) is 11.8 Å². The third-order valence-corrected chi connectivity index (χ3v) is 2.46. The van der Waals surface area contributed by atoms with Crippen LogP contribution in [-0.2, 0) is 9.53 Å². The highest BCUT2D eigenvalue weighted by molar-refractivity contribution is 5.73. The molecule has 1 aliphatic rings. The standard InChI is InChI=1S/C10H16O2/c1-3-8-6-5-7-9(8)10(11)12-4-2/h3,8-9H,1,4-7H2,2H3/t8-,9-/m0/s1. The van der Waals surface area contributed by atoms with E-state index in [4.69, 9.17) is 4.74 Å². The first kappa shape index (κ1) is 9.30. The van der Waals surface area contributed by atoms with E-state index in [0.29, 0.717) is 12.5 Å². The van der Waals surface area contributed by atoms with Gasteiger partial charge in [-0.05, 0) is 25.7 Å². The van der Waals surface area contributed by atoms with Crippen molar-refractivity contribution < 1.29 is 9.53 Å². The molecule has 12 heavy (non-hydrogen) atoms. The molecule has 0 aromatic rings. The zero-order chi connectivity index (χ0) is 8.97. The minimum Gasteiger partial charge on any atom is -0.466 e. The maximum absolute atomic E-state index is 11.3. The number of hydrogen-bond donors (Lipinski definition) is 0. The van der Waals surface area contributed by atoms with Gasteiger partial charge in [-0.3, -0.25) is 4.79 Å². The minimum atomic E-state index is -0.0418. The van der Waals surface area contributed by atoms with E-state index in [9.17, 15) is 4.79 Å². The maximum Gasteiger partial charge on any atom is 0.309 e. The van der Waals surface area contributed by atoms with Crippen LogP contribution >= 0.6 is 0 Å². The second-order valence-corrected chi connectivity index (χ2v) is 3.19. The fourth-order valence-electron chi connectivity index (χ4n) is 1.81. The van der Waals surface area contributed by atoms with Gasteiger partial charge in [0, 0.05) is 0 Å². The van der Waals surface area contributed by atoms with Crippen LogP contribution in [0.1, 0.15) is 26.2 Å². The normalized spacial score (nSPS) is 28.4. The summed E-state index contributed by atoms with van der Waals surface area (Å²) in [6.45, 7) is 6.06. The van der Waals surface area contributed by atoms with Crippen molar-refractivity contribution in [3.8, 4) is 0 Å². The molecule has 2 heteroatoms. The van der Waals surface area contributed by atoms with Crippen LogP contribution in [0.15, 0.2) is 12.7 Å². The average molecular weight is 168 g/mol. The molecule has 0 heterocycles. The van der Waals surface area contributed by atoms with Gasteiger partial charge >= 0.3 is 5.97 Å². The van der Waals surface area contributed by atoms with E-state index in [1.54, 1.807) is 0 Å². The Morgan fingerprint density at radius 3 is 3.00 bits per heavy atom. The lowest BCUT2D eigenvalue weighted by molar-refractivity contribution is -0.148. The van der Waals surface area contributed by atoms with Gasteiger partial charge < -0.3 is 4.74 Å². The largest absolute Gasteiger partial charge is 0.466 e. The molecule has 2 atom stereocenters. The van der Waals surface area contributed by atoms with Gasteiger partial charge in [0.15, 0.2) is 0 Å². The van der Waals surface area contributed by atoms with E-state index in [2.05, 4.69) is 6.58 Å². The fraction of sp³-hybridized carbons (Fsp3) is 0.700. The summed E-state index contributed by atoms with van der Waals surface area (Å²) in [4.78, 5) is 11.3. The third-order valence-electron chi connectivity index (χ3n) is 2.46. The minimum absolute atomic E-state index is 0.0418. The predicted octanol–water partition coefficient (Wildman–Crippen LogP) is 2.15. The van der Waals surface area contributed by atoms with Gasteiger partial charge in [-0.1, -0.05) is 12.5 Å². The number of carbonyl (C=O) groups is 1. The molecule has 0 unspecified atom stereocenters. The summed E-state index contributed by atoms with van der Waals surface area (Å²) >= 11 is 0. The molecule has 1 aliphatic carbocycles. The zero-order valence-electron chi connectivity index (χ0n) is 7.58. The molecule has 0 N–H and O–H groups in total. The van der Waals surface area contributed by atoms with E-state index in [1.807, 2.05) is 13.0 Å². The van der Waals surface area contributed by atoms with E-state index in [1.165, 1.54) is 0 Å². The monoisotopic (exact) mass is 168 g/mol. The summed E-state index contributed by atoms with van der Waals surface area (Å²) in [5.41, 5.74) is 0. The Balaban J connectivity index is 2.49. The molecule has 0 saturated heterocycles. The van der Waals surface area contributed by atoms with Crippen molar-refractivity contribution in [1.82, 2.24) is 0 Å². The van der Waals surface area contributed by atoms with Gasteiger partial charge in [0.05, 0.1) is 12.5 Å². The molecule has 2 nitrogen and oxygen atoms in total. The van der Waals surface area contributed by atoms with Gasteiger partial charge in [-0.2, -0.15) is 0 Å². The topological polar surface area (TPSA) is 26.3 Å². The fourth-order valence-corrected chi connectivity index (χ4v) is 1.81. The third kappa shape index (κ3) is 1.87. The molecule has 1 saturated carbocycles. The van der Waals surface area contributed by atoms with Crippen molar-refractivity contribution in [3.63, 3.8) is 0 Å². The molecule has 1 fully saturated rings. The van der Waals surface area contributed by atoms with Crippen molar-refractivity contribution in [2.75, 3.05) is 6.61 Å². The summed E-state index contributed by atoms with van der Waals surface area (Å²) in [6, 6.07) is 0. The van der Waals surface area contributed by atoms with Crippen LogP contribution in [0.5, 0.6) is 0 Å². The number of ether oxygens (including phenoxy) is 1. The Kier molecular flexibility index (Phi) is 3.32. The smallest absolute Gasteiger partial charge is 0.309 e. The first-order valence-electron chi connectivity index (χ1n) is 4.58. The van der Waals surface area contributed by atoms with Crippen LogP contribution < -0.4 is 0 Å². The van der Waals surface area contributed by atoms with E-state index in [0.717, 1.165) is 19.3 Å². The van der Waals surface area contributed by atoms with Crippen molar-refractivity contribution in [1.29, 1.82) is 0 Å². The molecule has 0 aliphatic heterocycles. The van der Waals surface area contributed by atoms with E-state index < -0.39 is 0 Å².